The van der Waals surface area contributed by atoms with Crippen molar-refractivity contribution in [2.45, 2.75) is 24.0 Å². The first-order chi connectivity index (χ1) is 23.5. The molecule has 1 aromatic heterocycles. The van der Waals surface area contributed by atoms with Gasteiger partial charge in [0.1, 0.15) is 11.4 Å². The summed E-state index contributed by atoms with van der Waals surface area (Å²) < 4.78 is 3.16. The third kappa shape index (κ3) is 8.03. The summed E-state index contributed by atoms with van der Waals surface area (Å²) in [6.07, 6.45) is 1.25. The Labute approximate surface area is 285 Å². The summed E-state index contributed by atoms with van der Waals surface area (Å²) in [7, 11) is 1.74. The number of nitro benzene ring substituents is 1. The van der Waals surface area contributed by atoms with Crippen LogP contribution in [0.15, 0.2) is 125 Å². The molecule has 5 aromatic rings. The molecule has 13 heteroatoms. The first kappa shape index (κ1) is 34.1. The molecule has 4 aromatic carbocycles. The minimum atomic E-state index is -0.718. The average molecular weight is 677 g/mol. The first-order valence-electron chi connectivity index (χ1n) is 15.1. The Morgan fingerprint density at radius 3 is 2.22 bits per heavy atom. The van der Waals surface area contributed by atoms with E-state index in [9.17, 15) is 29.3 Å². The predicted molar refractivity (Wildman–Crippen MR) is 190 cm³/mol. The van der Waals surface area contributed by atoms with Crippen LogP contribution in [-0.2, 0) is 16.6 Å². The molecule has 0 saturated heterocycles. The Morgan fingerprint density at radius 1 is 0.878 bits per heavy atom. The van der Waals surface area contributed by atoms with Crippen molar-refractivity contribution in [2.24, 2.45) is 7.05 Å². The van der Waals surface area contributed by atoms with E-state index in [1.807, 2.05) is 18.2 Å². The normalized spacial score (nSPS) is 11.8. The molecule has 1 heterocycles. The maximum absolute atomic E-state index is 13.5. The van der Waals surface area contributed by atoms with Gasteiger partial charge in [-0.25, -0.2) is 4.68 Å². The number of nitrogens with one attached hydrogen (secondary N) is 3. The average Bonchev–Trinajstić information content (AvgIpc) is 3.31. The topological polar surface area (TPSA) is 157 Å². The van der Waals surface area contributed by atoms with Gasteiger partial charge >= 0.3 is 0 Å². The molecule has 12 nitrogen and oxygen atoms in total. The zero-order valence-electron chi connectivity index (χ0n) is 26.7. The largest absolute Gasteiger partial charge is 0.321 e. The van der Waals surface area contributed by atoms with Crippen molar-refractivity contribution in [1.82, 2.24) is 14.7 Å². The number of amides is 3. The Hall–Kier alpha value is -6.21. The summed E-state index contributed by atoms with van der Waals surface area (Å²) in [5.74, 6) is -1.68. The molecule has 0 aliphatic carbocycles. The molecule has 0 spiro atoms. The summed E-state index contributed by atoms with van der Waals surface area (Å²) in [6, 6.07) is 30.0. The summed E-state index contributed by atoms with van der Waals surface area (Å²) >= 11 is 1.22. The van der Waals surface area contributed by atoms with Gasteiger partial charge in [-0.1, -0.05) is 54.6 Å². The van der Waals surface area contributed by atoms with Gasteiger partial charge in [-0.3, -0.25) is 34.0 Å². The summed E-state index contributed by atoms with van der Waals surface area (Å²) in [4.78, 5) is 64.7. The zero-order valence-corrected chi connectivity index (χ0v) is 27.6. The van der Waals surface area contributed by atoms with E-state index < -0.39 is 22.0 Å². The maximum atomic E-state index is 13.5. The Bertz CT molecular complexity index is 2130. The van der Waals surface area contributed by atoms with Gasteiger partial charge in [-0.15, -0.1) is 11.8 Å². The SMILES string of the molecule is Cc1c(NC(=O)C(C)Sc2cccc(NC(=O)/C(=C\c3ccccc3[N+](=O)[O-])NC(=O)c3ccccc3)c2)c(=O)n(-c2ccccc2)n1C. The fraction of sp³-hybridized carbons (Fsp3) is 0.111. The second kappa shape index (κ2) is 15.1. The van der Waals surface area contributed by atoms with Gasteiger partial charge in [0.05, 0.1) is 27.1 Å². The number of anilines is 2. The van der Waals surface area contributed by atoms with Crippen molar-refractivity contribution in [3.63, 3.8) is 0 Å². The quantitative estimate of drug-likeness (QED) is 0.0678. The number of hydrogen-bond acceptors (Lipinski definition) is 7. The van der Waals surface area contributed by atoms with E-state index >= 15 is 0 Å². The van der Waals surface area contributed by atoms with Crippen molar-refractivity contribution in [3.05, 3.63) is 152 Å². The number of carbonyl (C=O) groups is 3. The van der Waals surface area contributed by atoms with Crippen LogP contribution in [0.2, 0.25) is 0 Å². The molecule has 0 fully saturated rings. The fourth-order valence-electron chi connectivity index (χ4n) is 4.91. The second-order valence-electron chi connectivity index (χ2n) is 10.9. The van der Waals surface area contributed by atoms with Crippen molar-refractivity contribution in [1.29, 1.82) is 0 Å². The van der Waals surface area contributed by atoms with Crippen LogP contribution in [0.5, 0.6) is 0 Å². The molecule has 0 bridgehead atoms. The monoisotopic (exact) mass is 676 g/mol. The highest BCUT2D eigenvalue weighted by Gasteiger charge is 2.22. The number of carbonyl (C=O) groups excluding carboxylic acids is 3. The number of nitrogens with zero attached hydrogens (tertiary/aromatic N) is 3. The number of rotatable bonds is 11. The molecule has 3 N–H and O–H groups in total. The van der Waals surface area contributed by atoms with Crippen LogP contribution in [0.4, 0.5) is 17.1 Å². The molecule has 0 saturated carbocycles. The second-order valence-corrected chi connectivity index (χ2v) is 12.3. The smallest absolute Gasteiger partial charge is 0.295 e. The van der Waals surface area contributed by atoms with E-state index in [2.05, 4.69) is 16.0 Å². The van der Waals surface area contributed by atoms with Crippen molar-refractivity contribution < 1.29 is 19.3 Å². The molecule has 248 valence electrons. The van der Waals surface area contributed by atoms with Gasteiger partial charge in [0.25, 0.3) is 23.1 Å². The van der Waals surface area contributed by atoms with Crippen molar-refractivity contribution in [2.75, 3.05) is 10.6 Å². The molecule has 1 atom stereocenters. The molecule has 0 radical (unpaired) electrons. The summed E-state index contributed by atoms with van der Waals surface area (Å²) in [6.45, 7) is 3.45. The summed E-state index contributed by atoms with van der Waals surface area (Å²) in [5, 5.41) is 19.1. The van der Waals surface area contributed by atoms with E-state index in [1.165, 1.54) is 40.7 Å². The van der Waals surface area contributed by atoms with E-state index in [-0.39, 0.29) is 34.1 Å². The number of hydrogen-bond donors (Lipinski definition) is 3. The standard InChI is InChI=1S/C36H32N6O6S/c1-23-32(36(46)41(40(23)3)28-17-8-5-9-18-28)39-33(43)24(2)49-29-19-12-16-27(22-29)37-35(45)30(38-34(44)25-13-6-4-7-14-25)21-26-15-10-11-20-31(26)42(47)48/h4-22,24H,1-3H3,(H,37,45)(H,38,44)(H,39,43)/b30-21+. The van der Waals surface area contributed by atoms with Crippen LogP contribution >= 0.6 is 11.8 Å². The van der Waals surface area contributed by atoms with Gasteiger partial charge in [-0.2, -0.15) is 0 Å². The number of nitro groups is 1. The first-order valence-corrected chi connectivity index (χ1v) is 16.0. The van der Waals surface area contributed by atoms with Gasteiger partial charge in [0, 0.05) is 29.3 Å². The third-order valence-electron chi connectivity index (χ3n) is 7.54. The van der Waals surface area contributed by atoms with E-state index in [1.54, 1.807) is 98.4 Å². The van der Waals surface area contributed by atoms with Crippen LogP contribution < -0.4 is 21.5 Å². The fourth-order valence-corrected chi connectivity index (χ4v) is 5.84. The van der Waals surface area contributed by atoms with Crippen LogP contribution in [0, 0.1) is 17.0 Å². The predicted octanol–water partition coefficient (Wildman–Crippen LogP) is 5.92. The van der Waals surface area contributed by atoms with Crippen LogP contribution in [0.1, 0.15) is 28.5 Å². The highest BCUT2D eigenvalue weighted by atomic mass is 32.2. The van der Waals surface area contributed by atoms with Crippen LogP contribution in [0.3, 0.4) is 0 Å². The highest BCUT2D eigenvalue weighted by molar-refractivity contribution is 8.00. The van der Waals surface area contributed by atoms with Crippen LogP contribution in [0.25, 0.3) is 11.8 Å². The number of aromatic nitrogens is 2. The molecule has 49 heavy (non-hydrogen) atoms. The Kier molecular flexibility index (Phi) is 10.5. The minimum Gasteiger partial charge on any atom is -0.321 e. The van der Waals surface area contributed by atoms with Gasteiger partial charge in [0.15, 0.2) is 0 Å². The lowest BCUT2D eigenvalue weighted by Gasteiger charge is -2.14. The molecule has 1 unspecified atom stereocenters. The van der Waals surface area contributed by atoms with Crippen LogP contribution in [-0.4, -0.2) is 37.3 Å². The van der Waals surface area contributed by atoms with Gasteiger partial charge in [-0.05, 0) is 68.5 Å². The third-order valence-corrected chi connectivity index (χ3v) is 8.63. The zero-order chi connectivity index (χ0) is 35.1. The molecule has 3 amide bonds. The molecule has 0 aliphatic rings. The number of para-hydroxylation sites is 2. The van der Waals surface area contributed by atoms with Crippen molar-refractivity contribution in [3.8, 4) is 5.69 Å². The Balaban J connectivity index is 1.33. The Morgan fingerprint density at radius 2 is 1.53 bits per heavy atom. The lowest BCUT2D eigenvalue weighted by Crippen LogP contribution is -2.30. The lowest BCUT2D eigenvalue weighted by molar-refractivity contribution is -0.385. The van der Waals surface area contributed by atoms with E-state index in [0.717, 1.165) is 0 Å². The van der Waals surface area contributed by atoms with E-state index in [0.29, 0.717) is 27.5 Å². The minimum absolute atomic E-state index is 0.124. The molecule has 0 aliphatic heterocycles. The summed E-state index contributed by atoms with van der Waals surface area (Å²) in [5.41, 5.74) is 1.40. The van der Waals surface area contributed by atoms with Crippen molar-refractivity contribution >= 4 is 52.6 Å². The molecular formula is C36H32N6O6S. The molecular weight excluding hydrogens is 644 g/mol. The van der Waals surface area contributed by atoms with Gasteiger partial charge < -0.3 is 16.0 Å². The van der Waals surface area contributed by atoms with Gasteiger partial charge in [0.2, 0.25) is 5.91 Å². The lowest BCUT2D eigenvalue weighted by atomic mass is 10.1. The molecule has 5 rings (SSSR count). The highest BCUT2D eigenvalue weighted by Crippen LogP contribution is 2.28. The van der Waals surface area contributed by atoms with E-state index in [4.69, 9.17) is 0 Å². The number of thioether (sulfide) groups is 1. The maximum Gasteiger partial charge on any atom is 0.295 e. The number of benzene rings is 4.